The quantitative estimate of drug-likeness (QED) is 0.542. The van der Waals surface area contributed by atoms with E-state index in [-0.39, 0.29) is 12.3 Å². The van der Waals surface area contributed by atoms with Crippen LogP contribution < -0.4 is 0 Å². The van der Waals surface area contributed by atoms with Gasteiger partial charge in [-0.1, -0.05) is 12.1 Å². The van der Waals surface area contributed by atoms with Crippen LogP contribution in [0.3, 0.4) is 0 Å². The van der Waals surface area contributed by atoms with Crippen molar-refractivity contribution in [1.29, 1.82) is 0 Å². The third kappa shape index (κ3) is 3.85. The number of hydrogen-bond donors (Lipinski definition) is 0. The van der Waals surface area contributed by atoms with Gasteiger partial charge in [-0.25, -0.2) is 18.7 Å². The maximum absolute atomic E-state index is 13.5. The van der Waals surface area contributed by atoms with Crippen LogP contribution in [0.2, 0.25) is 0 Å². The topological polar surface area (TPSA) is 57.0 Å². The zero-order chi connectivity index (χ0) is 18.2. The van der Waals surface area contributed by atoms with Crippen molar-refractivity contribution in [3.8, 4) is 11.3 Å². The number of carbonyl (C=O) groups is 1. The van der Waals surface area contributed by atoms with E-state index in [1.165, 1.54) is 10.2 Å². The maximum Gasteiger partial charge on any atom is 0.338 e. The van der Waals surface area contributed by atoms with E-state index in [0.717, 1.165) is 0 Å². The molecule has 0 aliphatic carbocycles. The number of ether oxygens (including phenoxy) is 1. The van der Waals surface area contributed by atoms with E-state index < -0.39 is 11.6 Å². The second-order valence-electron chi connectivity index (χ2n) is 6.38. The minimum Gasteiger partial charge on any atom is -0.456 e. The molecule has 0 bridgehead atoms. The van der Waals surface area contributed by atoms with E-state index >= 15 is 0 Å². The van der Waals surface area contributed by atoms with E-state index in [1.54, 1.807) is 30.3 Å². The third-order valence-corrected chi connectivity index (χ3v) is 4.19. The van der Waals surface area contributed by atoms with Crippen LogP contribution in [0.1, 0.15) is 31.1 Å². The van der Waals surface area contributed by atoms with Gasteiger partial charge in [-0.2, -0.15) is 0 Å². The van der Waals surface area contributed by atoms with E-state index in [9.17, 15) is 8.68 Å². The lowest BCUT2D eigenvalue weighted by Crippen LogP contribution is -2.23. The number of nitrogens with zero attached hydrogens (tertiary/aromatic N) is 3. The first-order valence-corrected chi connectivity index (χ1v) is 8.92. The highest BCUT2D eigenvalue weighted by Gasteiger charge is 2.19. The van der Waals surface area contributed by atoms with Crippen LogP contribution >= 0.6 is 28.3 Å². The number of esters is 1. The fraction of sp³-hybridized carbons (Fsp3) is 0.235. The summed E-state index contributed by atoms with van der Waals surface area (Å²) in [4.78, 5) is 20.8. The largest absolute Gasteiger partial charge is 0.456 e. The average Bonchev–Trinajstić information content (AvgIpc) is 2.91. The van der Waals surface area contributed by atoms with Gasteiger partial charge < -0.3 is 4.74 Å². The molecule has 0 aliphatic heterocycles. The minimum atomic E-state index is -0.586. The van der Waals surface area contributed by atoms with Gasteiger partial charge in [-0.15, -0.1) is 3.89 Å². The summed E-state index contributed by atoms with van der Waals surface area (Å²) in [7, 11) is 0. The zero-order valence-corrected chi connectivity index (χ0v) is 16.2. The number of carbonyl (C=O) groups excluding carboxylic acids is 1. The van der Waals surface area contributed by atoms with Crippen LogP contribution in [-0.2, 0) is 4.74 Å². The number of halogens is 2. The highest BCUT2D eigenvalue weighted by molar-refractivity contribution is 9.10. The van der Waals surface area contributed by atoms with Crippen molar-refractivity contribution in [1.82, 2.24) is 13.9 Å². The predicted octanol–water partition coefficient (Wildman–Crippen LogP) is 5.20. The second kappa shape index (κ2) is 6.76. The Kier molecular flexibility index (Phi) is 4.83. The summed E-state index contributed by atoms with van der Waals surface area (Å²) in [5.74, 6) is -0.427. The summed E-state index contributed by atoms with van der Waals surface area (Å²) in [6, 6.07) is 8.60. The summed E-state index contributed by atoms with van der Waals surface area (Å²) >= 11 is 3.30. The molecule has 8 heteroatoms. The molecule has 2 aromatic heterocycles. The van der Waals surface area contributed by atoms with Crippen molar-refractivity contribution in [2.45, 2.75) is 26.4 Å². The van der Waals surface area contributed by atoms with Crippen molar-refractivity contribution in [3.05, 3.63) is 46.7 Å². The highest BCUT2D eigenvalue weighted by atomic mass is 79.9. The van der Waals surface area contributed by atoms with Crippen molar-refractivity contribution < 1.29 is 13.4 Å². The lowest BCUT2D eigenvalue weighted by atomic mass is 10.1. The fourth-order valence-corrected chi connectivity index (χ4v) is 3.07. The molecule has 0 fully saturated rings. The maximum atomic E-state index is 13.5. The van der Waals surface area contributed by atoms with Crippen molar-refractivity contribution in [3.63, 3.8) is 0 Å². The van der Waals surface area contributed by atoms with E-state index in [4.69, 9.17) is 4.74 Å². The lowest BCUT2D eigenvalue weighted by molar-refractivity contribution is 0.00696. The van der Waals surface area contributed by atoms with Gasteiger partial charge in [0.25, 0.3) is 0 Å². The van der Waals surface area contributed by atoms with Gasteiger partial charge in [0.1, 0.15) is 15.7 Å². The zero-order valence-electron chi connectivity index (χ0n) is 13.8. The summed E-state index contributed by atoms with van der Waals surface area (Å²) in [6.07, 6.45) is 1.51. The van der Waals surface area contributed by atoms with Crippen LogP contribution in [0.15, 0.2) is 41.1 Å². The molecule has 0 N–H and O–H groups in total. The van der Waals surface area contributed by atoms with Gasteiger partial charge in [0.2, 0.25) is 0 Å². The van der Waals surface area contributed by atoms with Gasteiger partial charge in [-0.05, 0) is 54.9 Å². The van der Waals surface area contributed by atoms with Gasteiger partial charge in [0.05, 0.1) is 17.5 Å². The van der Waals surface area contributed by atoms with Gasteiger partial charge in [0.15, 0.2) is 18.0 Å². The van der Waals surface area contributed by atoms with Crippen LogP contribution in [0.4, 0.5) is 3.89 Å². The summed E-state index contributed by atoms with van der Waals surface area (Å²) < 4.78 is 20.8. The number of hydrogen-bond acceptors (Lipinski definition) is 5. The molecular weight excluding hydrogens is 409 g/mol. The van der Waals surface area contributed by atoms with Crippen LogP contribution in [-0.4, -0.2) is 25.5 Å². The van der Waals surface area contributed by atoms with Crippen molar-refractivity contribution in [2.75, 3.05) is 0 Å². The molecule has 130 valence electrons. The van der Waals surface area contributed by atoms with E-state index in [1.807, 2.05) is 20.8 Å². The molecule has 1 aromatic carbocycles. The SMILES string of the molecule is CC(C)(C)OC(=O)c1cccc(-c2cc3nc(Br)cnc3n2SF)c1. The Morgan fingerprint density at radius 3 is 2.76 bits per heavy atom. The molecule has 0 spiro atoms. The Bertz CT molecular complexity index is 953. The smallest absolute Gasteiger partial charge is 0.338 e. The Balaban J connectivity index is 2.07. The molecule has 0 radical (unpaired) electrons. The Labute approximate surface area is 157 Å². The normalized spacial score (nSPS) is 11.7. The first-order valence-electron chi connectivity index (χ1n) is 7.45. The Morgan fingerprint density at radius 2 is 2.08 bits per heavy atom. The van der Waals surface area contributed by atoms with Gasteiger partial charge >= 0.3 is 5.97 Å². The summed E-state index contributed by atoms with van der Waals surface area (Å²) in [6.45, 7) is 5.42. The molecule has 3 rings (SSSR count). The Hall–Kier alpha value is -1.93. The van der Waals surface area contributed by atoms with Crippen LogP contribution in [0, 0.1) is 0 Å². The number of benzene rings is 1. The fourth-order valence-electron chi connectivity index (χ4n) is 2.34. The number of fused-ring (bicyclic) bond motifs is 1. The van der Waals surface area contributed by atoms with Gasteiger partial charge in [-0.3, -0.25) is 0 Å². The number of rotatable bonds is 3. The van der Waals surface area contributed by atoms with E-state index in [2.05, 4.69) is 25.9 Å². The van der Waals surface area contributed by atoms with E-state index in [0.29, 0.717) is 32.6 Å². The summed E-state index contributed by atoms with van der Waals surface area (Å²) in [5, 5.41) is 0. The molecule has 0 saturated carbocycles. The molecule has 3 aromatic rings. The second-order valence-corrected chi connectivity index (χ2v) is 7.69. The molecule has 0 unspecified atom stereocenters. The Morgan fingerprint density at radius 1 is 1.32 bits per heavy atom. The first-order chi connectivity index (χ1) is 11.8. The first kappa shape index (κ1) is 17.9. The molecular formula is C17H15BrFN3O2S. The minimum absolute atomic E-state index is 0.0392. The van der Waals surface area contributed by atoms with Crippen molar-refractivity contribution in [2.24, 2.45) is 0 Å². The highest BCUT2D eigenvalue weighted by Crippen LogP contribution is 2.32. The molecule has 25 heavy (non-hydrogen) atoms. The predicted molar refractivity (Wildman–Crippen MR) is 99.9 cm³/mol. The molecule has 0 aliphatic rings. The number of aromatic nitrogens is 3. The molecule has 2 heterocycles. The summed E-state index contributed by atoms with van der Waals surface area (Å²) in [5.41, 5.74) is 2.01. The average molecular weight is 424 g/mol. The lowest BCUT2D eigenvalue weighted by Gasteiger charge is -2.19. The van der Waals surface area contributed by atoms with Crippen LogP contribution in [0.25, 0.3) is 22.4 Å². The van der Waals surface area contributed by atoms with Crippen LogP contribution in [0.5, 0.6) is 0 Å². The third-order valence-electron chi connectivity index (χ3n) is 3.30. The standard InChI is InChI=1S/C17H15BrFN3O2S/c1-17(2,3)24-16(23)11-6-4-5-10(7-11)13-8-12-15(22(13)25-19)20-9-14(18)21-12/h4-9H,1-3H3. The molecule has 0 saturated heterocycles. The van der Waals surface area contributed by atoms with Crippen molar-refractivity contribution >= 4 is 45.4 Å². The molecule has 5 nitrogen and oxygen atoms in total. The molecule has 0 amide bonds. The van der Waals surface area contributed by atoms with Gasteiger partial charge in [0, 0.05) is 5.56 Å². The molecule has 0 atom stereocenters. The monoisotopic (exact) mass is 423 g/mol.